The molecule has 144 valence electrons. The van der Waals surface area contributed by atoms with Crippen LogP contribution in [0, 0.1) is 5.92 Å². The third-order valence-electron chi connectivity index (χ3n) is 4.93. The Labute approximate surface area is 160 Å². The van der Waals surface area contributed by atoms with Crippen LogP contribution in [-0.2, 0) is 4.74 Å². The maximum Gasteiger partial charge on any atom is 0.338 e. The van der Waals surface area contributed by atoms with E-state index in [1.807, 2.05) is 0 Å². The van der Waals surface area contributed by atoms with Gasteiger partial charge in [-0.1, -0.05) is 6.42 Å². The van der Waals surface area contributed by atoms with Gasteiger partial charge in [0.15, 0.2) is 0 Å². The first kappa shape index (κ1) is 20.5. The zero-order valence-corrected chi connectivity index (χ0v) is 15.9. The van der Waals surface area contributed by atoms with E-state index < -0.39 is 5.97 Å². The molecule has 3 rings (SSSR count). The zero-order valence-electron chi connectivity index (χ0n) is 15.1. The van der Waals surface area contributed by atoms with Crippen molar-refractivity contribution in [1.82, 2.24) is 10.6 Å². The van der Waals surface area contributed by atoms with Gasteiger partial charge in [-0.25, -0.2) is 4.79 Å². The van der Waals surface area contributed by atoms with Crippen LogP contribution in [0.5, 0.6) is 5.75 Å². The number of piperidine rings is 1. The van der Waals surface area contributed by atoms with Crippen LogP contribution in [0.4, 0.5) is 0 Å². The van der Waals surface area contributed by atoms with Crippen LogP contribution in [0.1, 0.15) is 52.8 Å². The van der Waals surface area contributed by atoms with Gasteiger partial charge in [0.1, 0.15) is 5.75 Å². The van der Waals surface area contributed by atoms with E-state index in [1.165, 1.54) is 26.4 Å². The lowest BCUT2D eigenvalue weighted by atomic mass is 9.86. The monoisotopic (exact) mass is 382 g/mol. The molecule has 26 heavy (non-hydrogen) atoms. The van der Waals surface area contributed by atoms with Gasteiger partial charge in [0.05, 0.1) is 19.3 Å². The fourth-order valence-corrected chi connectivity index (χ4v) is 3.17. The molecule has 1 atom stereocenters. The standard InChI is InChI=1S/C19H26N2O4.ClH/c1-24-19(23)15-8-14(18(22)21-16-6-3-7-20-11-16)9-17(10-15)25-12-13-4-2-5-13;/h8-10,13,16,20H,2-7,11-12H2,1H3,(H,21,22);1H/t16-;/m1./s1. The van der Waals surface area contributed by atoms with Gasteiger partial charge < -0.3 is 20.1 Å². The normalized spacial score (nSPS) is 19.7. The lowest BCUT2D eigenvalue weighted by Gasteiger charge is -2.25. The second-order valence-electron chi connectivity index (χ2n) is 6.86. The average molecular weight is 383 g/mol. The first-order valence-corrected chi connectivity index (χ1v) is 9.03. The first-order chi connectivity index (χ1) is 12.2. The lowest BCUT2D eigenvalue weighted by molar-refractivity contribution is 0.0600. The molecular formula is C19H27ClN2O4. The van der Waals surface area contributed by atoms with E-state index in [0.717, 1.165) is 25.9 Å². The van der Waals surface area contributed by atoms with Crippen LogP contribution in [0.25, 0.3) is 0 Å². The Morgan fingerprint density at radius 2 is 1.92 bits per heavy atom. The summed E-state index contributed by atoms with van der Waals surface area (Å²) in [5.41, 5.74) is 0.762. The largest absolute Gasteiger partial charge is 0.493 e. The van der Waals surface area contributed by atoms with Gasteiger partial charge in [0, 0.05) is 18.2 Å². The number of carbonyl (C=O) groups is 2. The number of hydrogen-bond donors (Lipinski definition) is 2. The third-order valence-corrected chi connectivity index (χ3v) is 4.93. The van der Waals surface area contributed by atoms with Crippen molar-refractivity contribution in [3.8, 4) is 5.75 Å². The Morgan fingerprint density at radius 3 is 2.54 bits per heavy atom. The smallest absolute Gasteiger partial charge is 0.338 e. The molecule has 2 aliphatic rings. The maximum atomic E-state index is 12.6. The number of hydrogen-bond acceptors (Lipinski definition) is 5. The summed E-state index contributed by atoms with van der Waals surface area (Å²) in [5.74, 6) is 0.463. The van der Waals surface area contributed by atoms with E-state index in [-0.39, 0.29) is 24.4 Å². The Hall–Kier alpha value is -1.79. The molecule has 1 aromatic rings. The number of carbonyl (C=O) groups excluding carboxylic acids is 2. The van der Waals surface area contributed by atoms with E-state index in [4.69, 9.17) is 9.47 Å². The summed E-state index contributed by atoms with van der Waals surface area (Å²) < 4.78 is 10.6. The van der Waals surface area contributed by atoms with Crippen molar-refractivity contribution >= 4 is 24.3 Å². The minimum absolute atomic E-state index is 0. The number of benzene rings is 1. The summed E-state index contributed by atoms with van der Waals surface area (Å²) in [5, 5.41) is 6.30. The number of esters is 1. The van der Waals surface area contributed by atoms with Crippen LogP contribution in [-0.4, -0.2) is 44.7 Å². The summed E-state index contributed by atoms with van der Waals surface area (Å²) in [6.07, 6.45) is 5.61. The molecule has 1 amide bonds. The zero-order chi connectivity index (χ0) is 17.6. The van der Waals surface area contributed by atoms with E-state index in [9.17, 15) is 9.59 Å². The Kier molecular flexibility index (Phi) is 7.72. The molecule has 0 aromatic heterocycles. The van der Waals surface area contributed by atoms with Crippen molar-refractivity contribution in [3.63, 3.8) is 0 Å². The molecule has 1 aromatic carbocycles. The molecule has 1 saturated heterocycles. The Balaban J connectivity index is 0.00000243. The van der Waals surface area contributed by atoms with Crippen molar-refractivity contribution in [3.05, 3.63) is 29.3 Å². The van der Waals surface area contributed by atoms with Gasteiger partial charge in [-0.05, 0) is 56.3 Å². The van der Waals surface area contributed by atoms with Crippen molar-refractivity contribution in [2.75, 3.05) is 26.8 Å². The Bertz CT molecular complexity index is 628. The number of ether oxygens (including phenoxy) is 2. The summed E-state index contributed by atoms with van der Waals surface area (Å²) >= 11 is 0. The van der Waals surface area contributed by atoms with Gasteiger partial charge in [0.25, 0.3) is 5.91 Å². The van der Waals surface area contributed by atoms with Gasteiger partial charge in [0.2, 0.25) is 0 Å². The molecule has 6 nitrogen and oxygen atoms in total. The molecule has 7 heteroatoms. The van der Waals surface area contributed by atoms with Crippen LogP contribution in [0.15, 0.2) is 18.2 Å². The maximum absolute atomic E-state index is 12.6. The van der Waals surface area contributed by atoms with Crippen molar-refractivity contribution in [2.45, 2.75) is 38.1 Å². The number of halogens is 1. The highest BCUT2D eigenvalue weighted by atomic mass is 35.5. The van der Waals surface area contributed by atoms with Crippen molar-refractivity contribution < 1.29 is 19.1 Å². The SMILES string of the molecule is COC(=O)c1cc(OCC2CCC2)cc(C(=O)N[C@@H]2CCCNC2)c1.Cl. The average Bonchev–Trinajstić information content (AvgIpc) is 2.60. The predicted octanol–water partition coefficient (Wildman–Crippen LogP) is 2.56. The molecular weight excluding hydrogens is 356 g/mol. The molecule has 2 N–H and O–H groups in total. The van der Waals surface area contributed by atoms with E-state index in [2.05, 4.69) is 10.6 Å². The predicted molar refractivity (Wildman–Crippen MR) is 101 cm³/mol. The molecule has 1 saturated carbocycles. The fraction of sp³-hybridized carbons (Fsp3) is 0.579. The molecule has 1 aliphatic carbocycles. The van der Waals surface area contributed by atoms with E-state index in [1.54, 1.807) is 18.2 Å². The molecule has 1 heterocycles. The minimum atomic E-state index is -0.470. The minimum Gasteiger partial charge on any atom is -0.493 e. The molecule has 2 fully saturated rings. The summed E-state index contributed by atoms with van der Waals surface area (Å²) in [7, 11) is 1.33. The van der Waals surface area contributed by atoms with Gasteiger partial charge >= 0.3 is 5.97 Å². The third kappa shape index (κ3) is 5.35. The molecule has 0 spiro atoms. The van der Waals surface area contributed by atoms with Crippen molar-refractivity contribution in [2.24, 2.45) is 5.92 Å². The summed E-state index contributed by atoms with van der Waals surface area (Å²) in [4.78, 5) is 24.5. The summed E-state index contributed by atoms with van der Waals surface area (Å²) in [6.45, 7) is 2.38. The first-order valence-electron chi connectivity index (χ1n) is 9.03. The number of amides is 1. The topological polar surface area (TPSA) is 76.7 Å². The second kappa shape index (κ2) is 9.78. The number of methoxy groups -OCH3 is 1. The number of nitrogens with one attached hydrogen (secondary N) is 2. The van der Waals surface area contributed by atoms with Crippen LogP contribution in [0.3, 0.4) is 0 Å². The van der Waals surface area contributed by atoms with Gasteiger partial charge in [-0.3, -0.25) is 4.79 Å². The van der Waals surface area contributed by atoms with Crippen LogP contribution < -0.4 is 15.4 Å². The second-order valence-corrected chi connectivity index (χ2v) is 6.86. The van der Waals surface area contributed by atoms with Crippen LogP contribution in [0.2, 0.25) is 0 Å². The van der Waals surface area contributed by atoms with E-state index >= 15 is 0 Å². The highest BCUT2D eigenvalue weighted by Gasteiger charge is 2.21. The quantitative estimate of drug-likeness (QED) is 0.739. The van der Waals surface area contributed by atoms with Crippen LogP contribution >= 0.6 is 12.4 Å². The van der Waals surface area contributed by atoms with E-state index in [0.29, 0.717) is 29.4 Å². The van der Waals surface area contributed by atoms with Gasteiger partial charge in [-0.15, -0.1) is 12.4 Å². The molecule has 0 radical (unpaired) electrons. The van der Waals surface area contributed by atoms with Crippen molar-refractivity contribution in [1.29, 1.82) is 0 Å². The fourth-order valence-electron chi connectivity index (χ4n) is 3.17. The summed E-state index contributed by atoms with van der Waals surface area (Å²) in [6, 6.07) is 5.02. The molecule has 0 bridgehead atoms. The number of rotatable bonds is 6. The molecule has 1 aliphatic heterocycles. The molecule has 0 unspecified atom stereocenters. The Morgan fingerprint density at radius 1 is 1.15 bits per heavy atom. The highest BCUT2D eigenvalue weighted by Crippen LogP contribution is 2.28. The van der Waals surface area contributed by atoms with Gasteiger partial charge in [-0.2, -0.15) is 0 Å². The lowest BCUT2D eigenvalue weighted by Crippen LogP contribution is -2.45. The highest BCUT2D eigenvalue weighted by molar-refractivity contribution is 5.98.